The van der Waals surface area contributed by atoms with Crippen LogP contribution in [0, 0.1) is 0 Å². The molecule has 0 saturated carbocycles. The summed E-state index contributed by atoms with van der Waals surface area (Å²) in [6, 6.07) is 0. The smallest absolute Gasteiger partial charge is 0.361 e. The Kier molecular flexibility index (Phi) is 48.3. The highest BCUT2D eigenvalue weighted by Gasteiger charge is 2.25. The second kappa shape index (κ2) is 51.3. The molecule has 0 amide bonds. The molecule has 9 nitrogen and oxygen atoms in total. The number of allylic oxidation sites excluding steroid dienone is 18. The number of unbranched alkanes of at least 4 members (excludes halogenated alkanes) is 16. The minimum Gasteiger partial charge on any atom is -0.477 e. The van der Waals surface area contributed by atoms with Crippen LogP contribution in [0.25, 0.3) is 0 Å². The molecule has 0 fully saturated rings. The normalized spacial score (nSPS) is 13.7. The van der Waals surface area contributed by atoms with Crippen molar-refractivity contribution in [3.63, 3.8) is 0 Å². The Morgan fingerprint density at radius 1 is 0.443 bits per heavy atom. The van der Waals surface area contributed by atoms with Gasteiger partial charge in [0.1, 0.15) is 13.2 Å². The Balaban J connectivity index is 4.20. The van der Waals surface area contributed by atoms with Gasteiger partial charge in [0.2, 0.25) is 0 Å². The highest BCUT2D eigenvalue weighted by atomic mass is 16.7. The van der Waals surface area contributed by atoms with E-state index in [1.54, 1.807) is 0 Å². The third-order valence-corrected chi connectivity index (χ3v) is 11.3. The largest absolute Gasteiger partial charge is 0.477 e. The van der Waals surface area contributed by atoms with Crippen LogP contribution >= 0.6 is 0 Å². The molecule has 2 unspecified atom stereocenters. The topological polar surface area (TPSA) is 108 Å². The Bertz CT molecular complexity index is 1510. The van der Waals surface area contributed by atoms with Gasteiger partial charge in [0.15, 0.2) is 6.10 Å². The summed E-state index contributed by atoms with van der Waals surface area (Å²) in [5.41, 5.74) is 0. The summed E-state index contributed by atoms with van der Waals surface area (Å²) in [5.74, 6) is -2.03. The van der Waals surface area contributed by atoms with Crippen molar-refractivity contribution in [2.75, 3.05) is 47.5 Å². The molecule has 0 aromatic carbocycles. The molecule has 70 heavy (non-hydrogen) atoms. The Morgan fingerprint density at radius 2 is 0.814 bits per heavy atom. The lowest BCUT2D eigenvalue weighted by Gasteiger charge is -2.25. The lowest BCUT2D eigenvalue weighted by molar-refractivity contribution is -0.870. The standard InChI is InChI=1S/C61H101NO8/c1-6-8-10-12-14-16-18-19-20-21-22-23-24-25-26-27-28-29-30-31-32-33-34-35-36-37-38-39-40-41-42-44-46-48-50-52-59(64)70-57(56-69-61(60(65)66)67-54-53-62(3,4)5)55-68-58(63)51-49-47-45-43-17-15-13-11-9-7-2/h8,10,14,16,19-20,22-23,25-26,28-29,31-32,34-35,37-38,57,61H,6-7,9,11-13,15,17-18,21,24,27,30,33,36,39-56H2,1-5H3/p+1/b10-8-,16-14-,20-19-,23-22-,26-25-,29-28-,32-31-,35-34-,38-37-. The molecule has 0 aromatic heterocycles. The number of ether oxygens (including phenoxy) is 4. The van der Waals surface area contributed by atoms with Gasteiger partial charge in [0.05, 0.1) is 34.4 Å². The number of rotatable bonds is 49. The summed E-state index contributed by atoms with van der Waals surface area (Å²) in [7, 11) is 5.95. The van der Waals surface area contributed by atoms with E-state index < -0.39 is 24.3 Å². The maximum atomic E-state index is 12.8. The molecule has 0 heterocycles. The minimum absolute atomic E-state index is 0.181. The van der Waals surface area contributed by atoms with E-state index in [0.717, 1.165) is 103 Å². The Hall–Kier alpha value is -4.05. The van der Waals surface area contributed by atoms with Crippen LogP contribution in [-0.2, 0) is 33.3 Å². The van der Waals surface area contributed by atoms with Gasteiger partial charge in [-0.3, -0.25) is 9.59 Å². The lowest BCUT2D eigenvalue weighted by Crippen LogP contribution is -2.40. The molecule has 0 saturated heterocycles. The summed E-state index contributed by atoms with van der Waals surface area (Å²) in [6.45, 7) is 4.71. The number of carbonyl (C=O) groups excluding carboxylic acids is 2. The SMILES string of the molecule is CC/C=C\C/C=C\C/C=C\C/C=C\C/C=C\C/C=C\C/C=C\C/C=C\C/C=C\CCCCCCCCCC(=O)OC(COC(=O)CCCCCCCCCCCC)COC(OCC[N+](C)(C)C)C(=O)O. The number of hydrogen-bond donors (Lipinski definition) is 1. The van der Waals surface area contributed by atoms with Crippen molar-refractivity contribution in [1.29, 1.82) is 0 Å². The van der Waals surface area contributed by atoms with Crippen molar-refractivity contribution in [2.24, 2.45) is 0 Å². The molecule has 0 spiro atoms. The summed E-state index contributed by atoms with van der Waals surface area (Å²) < 4.78 is 22.8. The zero-order chi connectivity index (χ0) is 51.3. The van der Waals surface area contributed by atoms with Crippen LogP contribution in [0.2, 0.25) is 0 Å². The third kappa shape index (κ3) is 51.8. The molecule has 0 rings (SSSR count). The second-order valence-corrected chi connectivity index (χ2v) is 19.2. The van der Waals surface area contributed by atoms with Crippen LogP contribution in [-0.4, -0.2) is 87.4 Å². The van der Waals surface area contributed by atoms with Gasteiger partial charge in [-0.25, -0.2) is 4.79 Å². The predicted molar refractivity (Wildman–Crippen MR) is 295 cm³/mol. The van der Waals surface area contributed by atoms with E-state index in [1.165, 1.54) is 64.2 Å². The van der Waals surface area contributed by atoms with E-state index in [4.69, 9.17) is 18.9 Å². The fraction of sp³-hybridized carbons (Fsp3) is 0.656. The first kappa shape index (κ1) is 66.0. The maximum absolute atomic E-state index is 12.8. The fourth-order valence-electron chi connectivity index (χ4n) is 7.06. The van der Waals surface area contributed by atoms with Crippen molar-refractivity contribution in [1.82, 2.24) is 0 Å². The van der Waals surface area contributed by atoms with Crippen LogP contribution in [0.4, 0.5) is 0 Å². The number of quaternary nitrogens is 1. The van der Waals surface area contributed by atoms with Crippen molar-refractivity contribution >= 4 is 17.9 Å². The van der Waals surface area contributed by atoms with Gasteiger partial charge in [-0.1, -0.05) is 213 Å². The fourth-order valence-corrected chi connectivity index (χ4v) is 7.06. The van der Waals surface area contributed by atoms with Crippen LogP contribution < -0.4 is 0 Å². The van der Waals surface area contributed by atoms with Gasteiger partial charge in [-0.05, 0) is 83.5 Å². The lowest BCUT2D eigenvalue weighted by atomic mass is 10.1. The molecule has 1 N–H and O–H groups in total. The zero-order valence-electron chi connectivity index (χ0n) is 45.1. The average molecular weight is 977 g/mol. The number of likely N-dealkylation sites (N-methyl/N-ethyl adjacent to an activating group) is 1. The minimum atomic E-state index is -1.52. The molecular weight excluding hydrogens is 875 g/mol. The van der Waals surface area contributed by atoms with E-state index in [9.17, 15) is 19.5 Å². The average Bonchev–Trinajstić information content (AvgIpc) is 3.33. The molecule has 0 aliphatic rings. The van der Waals surface area contributed by atoms with Crippen molar-refractivity contribution < 1.29 is 42.9 Å². The van der Waals surface area contributed by atoms with E-state index in [-0.39, 0.29) is 32.2 Å². The zero-order valence-corrected chi connectivity index (χ0v) is 45.1. The summed E-state index contributed by atoms with van der Waals surface area (Å²) >= 11 is 0. The Labute approximate surface area is 428 Å². The molecule has 0 bridgehead atoms. The van der Waals surface area contributed by atoms with Gasteiger partial charge in [-0.15, -0.1) is 0 Å². The van der Waals surface area contributed by atoms with E-state index in [2.05, 4.69) is 123 Å². The molecule has 0 aliphatic carbocycles. The van der Waals surface area contributed by atoms with Crippen molar-refractivity contribution in [3.05, 3.63) is 109 Å². The first-order valence-electron chi connectivity index (χ1n) is 27.6. The maximum Gasteiger partial charge on any atom is 0.361 e. The number of nitrogens with zero attached hydrogens (tertiary/aromatic N) is 1. The van der Waals surface area contributed by atoms with E-state index in [1.807, 2.05) is 21.1 Å². The van der Waals surface area contributed by atoms with Gasteiger partial charge in [-0.2, -0.15) is 0 Å². The van der Waals surface area contributed by atoms with Crippen molar-refractivity contribution in [2.45, 2.75) is 212 Å². The summed E-state index contributed by atoms with van der Waals surface area (Å²) in [4.78, 5) is 37.2. The molecular formula is C61H102NO8+. The molecule has 0 aliphatic heterocycles. The number of carboxylic acids is 1. The first-order valence-corrected chi connectivity index (χ1v) is 27.6. The predicted octanol–water partition coefficient (Wildman–Crippen LogP) is 15.9. The summed E-state index contributed by atoms with van der Waals surface area (Å²) in [5, 5.41) is 9.66. The molecule has 2 atom stereocenters. The molecule has 0 aromatic rings. The van der Waals surface area contributed by atoms with Gasteiger partial charge < -0.3 is 28.5 Å². The van der Waals surface area contributed by atoms with Crippen LogP contribution in [0.15, 0.2) is 109 Å². The number of carboxylic acid groups (broad SMARTS) is 1. The van der Waals surface area contributed by atoms with Gasteiger partial charge in [0, 0.05) is 12.8 Å². The number of carbonyl (C=O) groups is 3. The Morgan fingerprint density at radius 3 is 1.21 bits per heavy atom. The monoisotopic (exact) mass is 977 g/mol. The number of esters is 2. The van der Waals surface area contributed by atoms with Crippen molar-refractivity contribution in [3.8, 4) is 0 Å². The highest BCUT2D eigenvalue weighted by Crippen LogP contribution is 2.14. The third-order valence-electron chi connectivity index (χ3n) is 11.3. The molecule has 9 heteroatoms. The van der Waals surface area contributed by atoms with E-state index in [0.29, 0.717) is 23.9 Å². The van der Waals surface area contributed by atoms with Gasteiger partial charge >= 0.3 is 17.9 Å². The van der Waals surface area contributed by atoms with Crippen LogP contribution in [0.1, 0.15) is 200 Å². The number of hydrogen-bond acceptors (Lipinski definition) is 7. The van der Waals surface area contributed by atoms with Crippen LogP contribution in [0.3, 0.4) is 0 Å². The van der Waals surface area contributed by atoms with Gasteiger partial charge in [0.25, 0.3) is 6.29 Å². The highest BCUT2D eigenvalue weighted by molar-refractivity contribution is 5.71. The number of aliphatic carboxylic acids is 1. The first-order chi connectivity index (χ1) is 34.1. The quantitative estimate of drug-likeness (QED) is 0.0211. The van der Waals surface area contributed by atoms with E-state index >= 15 is 0 Å². The molecule has 398 valence electrons. The molecule has 0 radical (unpaired) electrons. The summed E-state index contributed by atoms with van der Waals surface area (Å²) in [6.07, 6.45) is 67.4. The van der Waals surface area contributed by atoms with Crippen LogP contribution in [0.5, 0.6) is 0 Å². The second-order valence-electron chi connectivity index (χ2n) is 19.2.